The van der Waals surface area contributed by atoms with E-state index in [4.69, 9.17) is 13.9 Å². The van der Waals surface area contributed by atoms with Crippen LogP contribution in [0, 0.1) is 6.92 Å². The van der Waals surface area contributed by atoms with Crippen LogP contribution in [-0.2, 0) is 4.74 Å². The fraction of sp³-hybridized carbons (Fsp3) is 0.550. The number of aryl methyl sites for hydroxylation is 1. The van der Waals surface area contributed by atoms with Gasteiger partial charge in [0.25, 0.3) is 0 Å². The molecule has 1 unspecified atom stereocenters. The molecule has 0 aliphatic carbocycles. The molecule has 0 saturated carbocycles. The van der Waals surface area contributed by atoms with Crippen molar-refractivity contribution in [2.75, 3.05) is 57.4 Å². The van der Waals surface area contributed by atoms with Crippen molar-refractivity contribution < 1.29 is 19.0 Å². The fourth-order valence-corrected chi connectivity index (χ4v) is 3.72. The number of likely N-dealkylation sites (tertiary alicyclic amines) is 1. The number of aliphatic hydroxyl groups is 1. The third kappa shape index (κ3) is 3.81. The maximum Gasteiger partial charge on any atom is 0.243 e. The predicted octanol–water partition coefficient (Wildman–Crippen LogP) is 1.38. The Morgan fingerprint density at radius 3 is 2.81 bits per heavy atom. The Balaban J connectivity index is 1.64. The second kappa shape index (κ2) is 7.88. The molecule has 1 aromatic heterocycles. The molecule has 4 rings (SSSR count). The number of hydrogen-bond acceptors (Lipinski definition) is 7. The monoisotopic (exact) mass is 374 g/mol. The lowest BCUT2D eigenvalue weighted by Gasteiger charge is -2.28. The van der Waals surface area contributed by atoms with Crippen molar-refractivity contribution in [1.82, 2.24) is 4.90 Å². The molecule has 0 amide bonds. The summed E-state index contributed by atoms with van der Waals surface area (Å²) in [6, 6.07) is 5.58. The van der Waals surface area contributed by atoms with Gasteiger partial charge in [0, 0.05) is 32.7 Å². The van der Waals surface area contributed by atoms with Crippen molar-refractivity contribution in [1.29, 1.82) is 0 Å². The van der Waals surface area contributed by atoms with Crippen LogP contribution in [0.2, 0.25) is 0 Å². The Morgan fingerprint density at radius 2 is 2.07 bits per heavy atom. The van der Waals surface area contributed by atoms with Gasteiger partial charge in [0.2, 0.25) is 17.1 Å². The number of fused-ring (bicyclic) bond motifs is 1. The molecule has 146 valence electrons. The first kappa shape index (κ1) is 18.3. The number of rotatable bonds is 5. The highest BCUT2D eigenvalue weighted by Gasteiger charge is 2.25. The Hall–Kier alpha value is -2.09. The maximum atomic E-state index is 13.1. The van der Waals surface area contributed by atoms with Gasteiger partial charge in [0.05, 0.1) is 24.7 Å². The lowest BCUT2D eigenvalue weighted by Crippen LogP contribution is -2.37. The first-order valence-corrected chi connectivity index (χ1v) is 9.56. The van der Waals surface area contributed by atoms with E-state index in [0.717, 1.165) is 18.5 Å². The molecule has 7 nitrogen and oxygen atoms in total. The molecule has 0 spiro atoms. The normalized spacial score (nSPS) is 21.1. The van der Waals surface area contributed by atoms with Crippen LogP contribution in [0.3, 0.4) is 0 Å². The highest BCUT2D eigenvalue weighted by molar-refractivity contribution is 5.83. The zero-order valence-electron chi connectivity index (χ0n) is 15.6. The SMILES string of the molecule is Cc1cccc2c(=O)c(OCCN3CCC(O)C3)c(N3CCOCC3)oc12. The third-order valence-corrected chi connectivity index (χ3v) is 5.26. The lowest BCUT2D eigenvalue weighted by atomic mass is 10.1. The highest BCUT2D eigenvalue weighted by atomic mass is 16.5. The van der Waals surface area contributed by atoms with Crippen molar-refractivity contribution in [2.45, 2.75) is 19.4 Å². The fourth-order valence-electron chi connectivity index (χ4n) is 3.72. The minimum atomic E-state index is -0.261. The number of ether oxygens (including phenoxy) is 2. The number of benzene rings is 1. The van der Waals surface area contributed by atoms with Gasteiger partial charge in [-0.3, -0.25) is 9.69 Å². The molecule has 2 fully saturated rings. The summed E-state index contributed by atoms with van der Waals surface area (Å²) < 4.78 is 17.6. The molecular formula is C20H26N2O5. The first-order chi connectivity index (χ1) is 13.1. The minimum Gasteiger partial charge on any atom is -0.484 e. The second-order valence-electron chi connectivity index (χ2n) is 7.21. The number of nitrogens with zero attached hydrogens (tertiary/aromatic N) is 2. The molecule has 1 N–H and O–H groups in total. The molecule has 2 aliphatic rings. The molecule has 2 aromatic rings. The van der Waals surface area contributed by atoms with Crippen LogP contribution in [0.15, 0.2) is 27.4 Å². The molecule has 2 saturated heterocycles. The summed E-state index contributed by atoms with van der Waals surface area (Å²) in [6.07, 6.45) is 0.527. The summed E-state index contributed by atoms with van der Waals surface area (Å²) in [5.74, 6) is 0.765. The van der Waals surface area contributed by atoms with Crippen molar-refractivity contribution in [3.8, 4) is 5.75 Å². The van der Waals surface area contributed by atoms with E-state index in [-0.39, 0.29) is 17.3 Å². The molecular weight excluding hydrogens is 348 g/mol. The van der Waals surface area contributed by atoms with E-state index in [1.807, 2.05) is 24.0 Å². The van der Waals surface area contributed by atoms with Crippen LogP contribution in [0.1, 0.15) is 12.0 Å². The summed E-state index contributed by atoms with van der Waals surface area (Å²) in [7, 11) is 0. The average molecular weight is 374 g/mol. The zero-order valence-corrected chi connectivity index (χ0v) is 15.6. The van der Waals surface area contributed by atoms with Gasteiger partial charge in [-0.05, 0) is 25.0 Å². The predicted molar refractivity (Wildman–Crippen MR) is 103 cm³/mol. The molecule has 2 aliphatic heterocycles. The highest BCUT2D eigenvalue weighted by Crippen LogP contribution is 2.31. The number of anilines is 1. The molecule has 1 atom stereocenters. The molecule has 1 aromatic carbocycles. The van der Waals surface area contributed by atoms with Crippen LogP contribution in [-0.4, -0.2) is 68.7 Å². The van der Waals surface area contributed by atoms with E-state index >= 15 is 0 Å². The topological polar surface area (TPSA) is 75.4 Å². The van der Waals surface area contributed by atoms with Crippen LogP contribution in [0.25, 0.3) is 11.0 Å². The Labute approximate surface area is 158 Å². The van der Waals surface area contributed by atoms with Crippen LogP contribution in [0.5, 0.6) is 5.75 Å². The Kier molecular flexibility index (Phi) is 5.33. The summed E-state index contributed by atoms with van der Waals surface area (Å²) >= 11 is 0. The summed E-state index contributed by atoms with van der Waals surface area (Å²) in [6.45, 7) is 7.02. The summed E-state index contributed by atoms with van der Waals surface area (Å²) in [5.41, 5.74) is 1.40. The van der Waals surface area contributed by atoms with E-state index in [1.54, 1.807) is 6.07 Å². The lowest BCUT2D eigenvalue weighted by molar-refractivity contribution is 0.120. The van der Waals surface area contributed by atoms with Gasteiger partial charge >= 0.3 is 0 Å². The quantitative estimate of drug-likeness (QED) is 0.847. The average Bonchev–Trinajstić information content (AvgIpc) is 3.10. The van der Waals surface area contributed by atoms with Crippen molar-refractivity contribution in [3.63, 3.8) is 0 Å². The number of β-amino-alcohol motifs (C(OH)–C–C–N with tert-alkyl or cyclic N) is 1. The van der Waals surface area contributed by atoms with E-state index in [0.29, 0.717) is 62.9 Å². The summed E-state index contributed by atoms with van der Waals surface area (Å²) in [4.78, 5) is 17.3. The molecule has 3 heterocycles. The molecule has 0 radical (unpaired) electrons. The molecule has 0 bridgehead atoms. The van der Waals surface area contributed by atoms with E-state index in [2.05, 4.69) is 4.90 Å². The van der Waals surface area contributed by atoms with Gasteiger partial charge in [-0.2, -0.15) is 0 Å². The second-order valence-corrected chi connectivity index (χ2v) is 7.21. The molecule has 27 heavy (non-hydrogen) atoms. The number of hydrogen-bond donors (Lipinski definition) is 1. The Morgan fingerprint density at radius 1 is 1.26 bits per heavy atom. The van der Waals surface area contributed by atoms with Gasteiger partial charge in [0.1, 0.15) is 12.2 Å². The number of aliphatic hydroxyl groups excluding tert-OH is 1. The zero-order chi connectivity index (χ0) is 18.8. The Bertz CT molecular complexity index is 859. The third-order valence-electron chi connectivity index (χ3n) is 5.26. The standard InChI is InChI=1S/C20H26N2O5/c1-14-3-2-4-16-17(24)19(26-12-7-21-6-5-15(23)13-21)20(27-18(14)16)22-8-10-25-11-9-22/h2-4,15,23H,5-13H2,1H3. The van der Waals surface area contributed by atoms with Crippen LogP contribution < -0.4 is 15.1 Å². The summed E-state index contributed by atoms with van der Waals surface area (Å²) in [5, 5.41) is 10.2. The van der Waals surface area contributed by atoms with E-state index in [1.165, 1.54) is 0 Å². The van der Waals surface area contributed by atoms with Gasteiger partial charge in [-0.25, -0.2) is 0 Å². The largest absolute Gasteiger partial charge is 0.484 e. The first-order valence-electron chi connectivity index (χ1n) is 9.56. The van der Waals surface area contributed by atoms with Crippen molar-refractivity contribution in [2.24, 2.45) is 0 Å². The molecule has 7 heteroatoms. The van der Waals surface area contributed by atoms with Crippen LogP contribution in [0.4, 0.5) is 5.88 Å². The van der Waals surface area contributed by atoms with Gasteiger partial charge < -0.3 is 23.9 Å². The van der Waals surface area contributed by atoms with E-state index < -0.39 is 0 Å². The van der Waals surface area contributed by atoms with Gasteiger partial charge in [-0.1, -0.05) is 12.1 Å². The van der Waals surface area contributed by atoms with Crippen molar-refractivity contribution >= 4 is 16.9 Å². The maximum absolute atomic E-state index is 13.1. The van der Waals surface area contributed by atoms with Crippen LogP contribution >= 0.6 is 0 Å². The number of para-hydroxylation sites is 1. The minimum absolute atomic E-state index is 0.136. The van der Waals surface area contributed by atoms with Crippen molar-refractivity contribution in [3.05, 3.63) is 34.0 Å². The van der Waals surface area contributed by atoms with Gasteiger partial charge in [-0.15, -0.1) is 0 Å². The van der Waals surface area contributed by atoms with E-state index in [9.17, 15) is 9.90 Å². The van der Waals surface area contributed by atoms with Gasteiger partial charge in [0.15, 0.2) is 0 Å². The smallest absolute Gasteiger partial charge is 0.243 e. The number of morpholine rings is 1.